The fourth-order valence-electron chi connectivity index (χ4n) is 2.71. The van der Waals surface area contributed by atoms with Crippen molar-refractivity contribution in [1.29, 1.82) is 0 Å². The second-order valence-corrected chi connectivity index (χ2v) is 5.24. The van der Waals surface area contributed by atoms with Crippen LogP contribution >= 0.6 is 0 Å². The summed E-state index contributed by atoms with van der Waals surface area (Å²) in [5.74, 6) is 1.94. The number of aromatic nitrogens is 2. The molecule has 1 aliphatic carbocycles. The van der Waals surface area contributed by atoms with Gasteiger partial charge < -0.3 is 14.6 Å². The Hall–Kier alpha value is -0.940. The maximum Gasteiger partial charge on any atom is 0.231 e. The zero-order valence-electron chi connectivity index (χ0n) is 12.0. The molecule has 2 rings (SSSR count). The Bertz CT molecular complexity index is 367. The van der Waals surface area contributed by atoms with E-state index in [0.717, 1.165) is 37.5 Å². The predicted molar refractivity (Wildman–Crippen MR) is 73.2 cm³/mol. The van der Waals surface area contributed by atoms with Crippen LogP contribution in [0.2, 0.25) is 0 Å². The molecular weight excluding hydrogens is 242 g/mol. The fourth-order valence-corrected chi connectivity index (χ4v) is 2.71. The third kappa shape index (κ3) is 4.01. The van der Waals surface area contributed by atoms with Crippen LogP contribution in [0.3, 0.4) is 0 Å². The van der Waals surface area contributed by atoms with Gasteiger partial charge in [-0.25, -0.2) is 0 Å². The Kier molecular flexibility index (Phi) is 5.79. The summed E-state index contributed by atoms with van der Waals surface area (Å²) in [5.41, 5.74) is 0. The monoisotopic (exact) mass is 267 g/mol. The third-order valence-corrected chi connectivity index (χ3v) is 3.75. The Balaban J connectivity index is 1.98. The molecule has 1 heterocycles. The van der Waals surface area contributed by atoms with Gasteiger partial charge in [-0.05, 0) is 25.8 Å². The maximum atomic E-state index is 5.45. The molecule has 108 valence electrons. The van der Waals surface area contributed by atoms with Crippen LogP contribution in [0.5, 0.6) is 0 Å². The lowest BCUT2D eigenvalue weighted by Gasteiger charge is -2.29. The second kappa shape index (κ2) is 7.60. The van der Waals surface area contributed by atoms with Crippen LogP contribution in [0.4, 0.5) is 0 Å². The van der Waals surface area contributed by atoms with Gasteiger partial charge in [-0.1, -0.05) is 24.9 Å². The van der Waals surface area contributed by atoms with Gasteiger partial charge in [0.25, 0.3) is 0 Å². The van der Waals surface area contributed by atoms with Gasteiger partial charge in [0.1, 0.15) is 0 Å². The van der Waals surface area contributed by atoms with E-state index >= 15 is 0 Å². The molecule has 19 heavy (non-hydrogen) atoms. The van der Waals surface area contributed by atoms with Gasteiger partial charge in [-0.3, -0.25) is 0 Å². The summed E-state index contributed by atoms with van der Waals surface area (Å²) < 4.78 is 10.5. The number of ether oxygens (including phenoxy) is 1. The van der Waals surface area contributed by atoms with Gasteiger partial charge in [-0.2, -0.15) is 4.98 Å². The van der Waals surface area contributed by atoms with Gasteiger partial charge in [-0.15, -0.1) is 0 Å². The Morgan fingerprint density at radius 1 is 1.37 bits per heavy atom. The van der Waals surface area contributed by atoms with Crippen molar-refractivity contribution >= 4 is 0 Å². The zero-order chi connectivity index (χ0) is 13.5. The molecule has 0 saturated heterocycles. The lowest BCUT2D eigenvalue weighted by Crippen LogP contribution is -2.37. The molecule has 1 aromatic rings. The molecule has 5 nitrogen and oxygen atoms in total. The summed E-state index contributed by atoms with van der Waals surface area (Å²) >= 11 is 0. The molecule has 1 N–H and O–H groups in total. The van der Waals surface area contributed by atoms with Gasteiger partial charge in [0.2, 0.25) is 5.89 Å². The summed E-state index contributed by atoms with van der Waals surface area (Å²) in [7, 11) is 1.69. The molecular formula is C14H25N3O2. The average Bonchev–Trinajstić information content (AvgIpc) is 2.92. The van der Waals surface area contributed by atoms with E-state index in [1.807, 2.05) is 0 Å². The molecule has 0 spiro atoms. The molecule has 0 radical (unpaired) electrons. The summed E-state index contributed by atoms with van der Waals surface area (Å²) in [4.78, 5) is 4.53. The van der Waals surface area contributed by atoms with Gasteiger partial charge in [0.05, 0.1) is 12.5 Å². The molecule has 0 aromatic carbocycles. The second-order valence-electron chi connectivity index (χ2n) is 5.24. The molecule has 5 heteroatoms. The fraction of sp³-hybridized carbons (Fsp3) is 0.857. The molecule has 1 fully saturated rings. The Labute approximate surface area is 115 Å². The smallest absolute Gasteiger partial charge is 0.231 e. The quantitative estimate of drug-likeness (QED) is 0.821. The highest BCUT2D eigenvalue weighted by Gasteiger charge is 2.30. The highest BCUT2D eigenvalue weighted by Crippen LogP contribution is 2.32. The van der Waals surface area contributed by atoms with Crippen LogP contribution in [-0.4, -0.2) is 36.4 Å². The molecule has 0 amide bonds. The maximum absolute atomic E-state index is 5.45. The van der Waals surface area contributed by atoms with E-state index in [9.17, 15) is 0 Å². The summed E-state index contributed by atoms with van der Waals surface area (Å²) in [6.45, 7) is 3.90. The predicted octanol–water partition coefficient (Wildman–Crippen LogP) is 2.28. The van der Waals surface area contributed by atoms with Gasteiger partial charge in [0, 0.05) is 19.6 Å². The minimum Gasteiger partial charge on any atom is -0.384 e. The molecule has 2 unspecified atom stereocenters. The van der Waals surface area contributed by atoms with Crippen LogP contribution in [0.15, 0.2) is 4.52 Å². The average molecular weight is 267 g/mol. The van der Waals surface area contributed by atoms with E-state index in [0.29, 0.717) is 18.6 Å². The van der Waals surface area contributed by atoms with Crippen molar-refractivity contribution in [2.45, 2.75) is 57.4 Å². The molecule has 2 atom stereocenters. The Morgan fingerprint density at radius 3 is 3.00 bits per heavy atom. The molecule has 1 aliphatic rings. The van der Waals surface area contributed by atoms with Crippen molar-refractivity contribution in [3.05, 3.63) is 11.7 Å². The van der Waals surface area contributed by atoms with Crippen molar-refractivity contribution in [3.8, 4) is 0 Å². The normalized spacial score (nSPS) is 23.7. The topological polar surface area (TPSA) is 60.2 Å². The van der Waals surface area contributed by atoms with Crippen LogP contribution in [0.25, 0.3) is 0 Å². The van der Waals surface area contributed by atoms with Crippen molar-refractivity contribution in [2.75, 3.05) is 20.3 Å². The number of nitrogens with one attached hydrogen (secondary N) is 1. The van der Waals surface area contributed by atoms with E-state index in [2.05, 4.69) is 22.4 Å². The molecule has 1 aromatic heterocycles. The minimum atomic E-state index is 0.379. The number of hydrogen-bond acceptors (Lipinski definition) is 5. The first-order valence-corrected chi connectivity index (χ1v) is 7.40. The van der Waals surface area contributed by atoms with Gasteiger partial charge in [0.15, 0.2) is 5.82 Å². The summed E-state index contributed by atoms with van der Waals surface area (Å²) in [6.07, 6.45) is 6.78. The lowest BCUT2D eigenvalue weighted by molar-refractivity contribution is 0.199. The first-order valence-electron chi connectivity index (χ1n) is 7.40. The van der Waals surface area contributed by atoms with E-state index < -0.39 is 0 Å². The highest BCUT2D eigenvalue weighted by atomic mass is 16.5. The number of methoxy groups -OCH3 is 1. The summed E-state index contributed by atoms with van der Waals surface area (Å²) in [6, 6.07) is 0.490. The van der Waals surface area contributed by atoms with Crippen LogP contribution < -0.4 is 5.32 Å². The molecule has 0 bridgehead atoms. The van der Waals surface area contributed by atoms with Crippen molar-refractivity contribution < 1.29 is 9.26 Å². The number of rotatable bonds is 7. The van der Waals surface area contributed by atoms with Crippen molar-refractivity contribution in [1.82, 2.24) is 15.5 Å². The third-order valence-electron chi connectivity index (χ3n) is 3.75. The largest absolute Gasteiger partial charge is 0.384 e. The van der Waals surface area contributed by atoms with Gasteiger partial charge >= 0.3 is 0 Å². The summed E-state index contributed by atoms with van der Waals surface area (Å²) in [5, 5.41) is 7.67. The van der Waals surface area contributed by atoms with E-state index in [4.69, 9.17) is 9.26 Å². The van der Waals surface area contributed by atoms with Crippen molar-refractivity contribution in [3.63, 3.8) is 0 Å². The molecule has 0 aliphatic heterocycles. The first-order chi connectivity index (χ1) is 9.35. The Morgan fingerprint density at radius 2 is 2.21 bits per heavy atom. The number of hydrogen-bond donors (Lipinski definition) is 1. The van der Waals surface area contributed by atoms with E-state index in [1.165, 1.54) is 19.3 Å². The minimum absolute atomic E-state index is 0.379. The van der Waals surface area contributed by atoms with E-state index in [-0.39, 0.29) is 0 Å². The van der Waals surface area contributed by atoms with E-state index in [1.54, 1.807) is 7.11 Å². The molecule has 1 saturated carbocycles. The lowest BCUT2D eigenvalue weighted by atomic mass is 9.84. The first kappa shape index (κ1) is 14.5. The SMILES string of the molecule is CCCNC1CCCCC1c1nc(CCOC)no1. The van der Waals surface area contributed by atoms with Crippen molar-refractivity contribution in [2.24, 2.45) is 0 Å². The highest BCUT2D eigenvalue weighted by molar-refractivity contribution is 5.01. The van der Waals surface area contributed by atoms with Crippen LogP contribution in [0, 0.1) is 0 Å². The van der Waals surface area contributed by atoms with Crippen LogP contribution in [0.1, 0.15) is 56.7 Å². The standard InChI is InChI=1S/C14H25N3O2/c1-3-9-15-12-7-5-4-6-11(12)14-16-13(17-19-14)8-10-18-2/h11-12,15H,3-10H2,1-2H3. The van der Waals surface area contributed by atoms with Crippen LogP contribution in [-0.2, 0) is 11.2 Å². The number of nitrogens with zero attached hydrogens (tertiary/aromatic N) is 2. The zero-order valence-corrected chi connectivity index (χ0v) is 12.0.